The summed E-state index contributed by atoms with van der Waals surface area (Å²) < 4.78 is 19.2. The molecule has 5 nitrogen and oxygen atoms in total. The first-order chi connectivity index (χ1) is 14.8. The van der Waals surface area contributed by atoms with E-state index in [4.69, 9.17) is 38.7 Å². The molecular formula is C23H24Cl2FN3O2. The van der Waals surface area contributed by atoms with E-state index in [1.807, 2.05) is 25.1 Å². The Hall–Kier alpha value is -2.15. The summed E-state index contributed by atoms with van der Waals surface area (Å²) in [6, 6.07) is 10.3. The van der Waals surface area contributed by atoms with Crippen LogP contribution in [0.4, 0.5) is 4.39 Å². The molecule has 4 rings (SSSR count). The van der Waals surface area contributed by atoms with E-state index in [1.54, 1.807) is 11.0 Å². The van der Waals surface area contributed by atoms with Gasteiger partial charge in [-0.3, -0.25) is 9.69 Å². The number of carbonyl (C=O) groups is 1. The molecule has 2 heterocycles. The second-order valence-electron chi connectivity index (χ2n) is 8.23. The van der Waals surface area contributed by atoms with Crippen LogP contribution in [0, 0.1) is 5.82 Å². The lowest BCUT2D eigenvalue weighted by molar-refractivity contribution is -0.132. The van der Waals surface area contributed by atoms with Gasteiger partial charge in [0.1, 0.15) is 5.82 Å². The third kappa shape index (κ3) is 4.43. The summed E-state index contributed by atoms with van der Waals surface area (Å²) in [4.78, 5) is 19.4. The van der Waals surface area contributed by atoms with Crippen LogP contribution in [-0.4, -0.2) is 36.0 Å². The molecule has 0 aromatic heterocycles. The Bertz CT molecular complexity index is 1040. The minimum atomic E-state index is -0.874. The maximum Gasteiger partial charge on any atom is 0.232 e. The Labute approximate surface area is 191 Å². The molecule has 2 aromatic carbocycles. The summed E-state index contributed by atoms with van der Waals surface area (Å²) in [5.74, 6) is -0.322. The number of hydrogen-bond acceptors (Lipinski definition) is 4. The van der Waals surface area contributed by atoms with Crippen molar-refractivity contribution >= 4 is 35.1 Å². The second kappa shape index (κ2) is 8.77. The van der Waals surface area contributed by atoms with Gasteiger partial charge in [-0.15, -0.1) is 0 Å². The van der Waals surface area contributed by atoms with E-state index >= 15 is 0 Å². The van der Waals surface area contributed by atoms with Gasteiger partial charge in [0.25, 0.3) is 0 Å². The number of carbonyl (C=O) groups excluding carboxylic acids is 1. The molecule has 2 aliphatic heterocycles. The smallest absolute Gasteiger partial charge is 0.232 e. The van der Waals surface area contributed by atoms with Gasteiger partial charge in [-0.1, -0.05) is 47.5 Å². The number of amides is 1. The van der Waals surface area contributed by atoms with Gasteiger partial charge >= 0.3 is 0 Å². The zero-order valence-corrected chi connectivity index (χ0v) is 18.7. The van der Waals surface area contributed by atoms with Crippen LogP contribution in [0.25, 0.3) is 0 Å². The Morgan fingerprint density at radius 1 is 1.26 bits per heavy atom. The standard InChI is InChI=1S/C23H24Cl2FN3O2/c1-23(13-20(30)29(22(27)28-23)16-7-9-31-10-8-16)17-4-2-3-15(21(17)25)11-14-5-6-18(24)19(26)12-14/h2-6,12,16H,7-11,13H2,1H3,(H2,27,28)/t23-/m0/s1. The highest BCUT2D eigenvalue weighted by Crippen LogP contribution is 2.40. The average molecular weight is 464 g/mol. The Kier molecular flexibility index (Phi) is 6.24. The average Bonchev–Trinajstić information content (AvgIpc) is 2.72. The molecule has 8 heteroatoms. The van der Waals surface area contributed by atoms with Crippen LogP contribution in [0.2, 0.25) is 10.0 Å². The summed E-state index contributed by atoms with van der Waals surface area (Å²) in [5.41, 5.74) is 7.69. The van der Waals surface area contributed by atoms with Gasteiger partial charge in [0.2, 0.25) is 5.91 Å². The summed E-state index contributed by atoms with van der Waals surface area (Å²) in [7, 11) is 0. The van der Waals surface area contributed by atoms with Gasteiger partial charge in [0.05, 0.1) is 17.0 Å². The van der Waals surface area contributed by atoms with E-state index in [0.29, 0.717) is 24.7 Å². The summed E-state index contributed by atoms with van der Waals surface area (Å²) >= 11 is 12.5. The van der Waals surface area contributed by atoms with Crippen LogP contribution >= 0.6 is 23.2 Å². The normalized spacial score (nSPS) is 22.5. The molecule has 1 fully saturated rings. The molecule has 1 atom stereocenters. The number of guanidine groups is 1. The van der Waals surface area contributed by atoms with E-state index in [-0.39, 0.29) is 29.4 Å². The van der Waals surface area contributed by atoms with Gasteiger partial charge < -0.3 is 10.5 Å². The van der Waals surface area contributed by atoms with Crippen molar-refractivity contribution in [3.05, 3.63) is 69.0 Å². The molecule has 2 aromatic rings. The first-order valence-corrected chi connectivity index (χ1v) is 11.0. The molecule has 164 valence electrons. The Morgan fingerprint density at radius 2 is 2.00 bits per heavy atom. The van der Waals surface area contributed by atoms with E-state index in [0.717, 1.165) is 29.5 Å². The van der Waals surface area contributed by atoms with Gasteiger partial charge in [-0.05, 0) is 55.0 Å². The second-order valence-corrected chi connectivity index (χ2v) is 9.02. The van der Waals surface area contributed by atoms with Crippen molar-refractivity contribution in [1.82, 2.24) is 4.90 Å². The molecule has 0 unspecified atom stereocenters. The molecule has 0 aliphatic carbocycles. The largest absolute Gasteiger partial charge is 0.381 e. The molecule has 0 bridgehead atoms. The highest BCUT2D eigenvalue weighted by Gasteiger charge is 2.41. The lowest BCUT2D eigenvalue weighted by atomic mass is 9.85. The van der Waals surface area contributed by atoms with E-state index in [2.05, 4.69) is 0 Å². The SMILES string of the molecule is C[C@@]1(c2cccc(Cc3ccc(Cl)c(F)c3)c2Cl)CC(=O)N(C2CCOCC2)C(N)=N1. The van der Waals surface area contributed by atoms with E-state index in [1.165, 1.54) is 12.1 Å². The van der Waals surface area contributed by atoms with Crippen molar-refractivity contribution < 1.29 is 13.9 Å². The number of aliphatic imine (C=N–C) groups is 1. The summed E-state index contributed by atoms with van der Waals surface area (Å²) in [6.07, 6.45) is 2.08. The van der Waals surface area contributed by atoms with Crippen LogP contribution in [0.3, 0.4) is 0 Å². The first-order valence-electron chi connectivity index (χ1n) is 10.3. The van der Waals surface area contributed by atoms with Crippen LogP contribution in [-0.2, 0) is 21.5 Å². The summed E-state index contributed by atoms with van der Waals surface area (Å²) in [6.45, 7) is 3.09. The van der Waals surface area contributed by atoms with Gasteiger partial charge in [-0.2, -0.15) is 0 Å². The highest BCUT2D eigenvalue weighted by atomic mass is 35.5. The van der Waals surface area contributed by atoms with Gasteiger partial charge in [0, 0.05) is 24.3 Å². The molecule has 0 radical (unpaired) electrons. The third-order valence-electron chi connectivity index (χ3n) is 5.97. The fraction of sp³-hybridized carbons (Fsp3) is 0.391. The molecule has 1 amide bonds. The number of nitrogens with zero attached hydrogens (tertiary/aromatic N) is 2. The predicted molar refractivity (Wildman–Crippen MR) is 120 cm³/mol. The number of benzene rings is 2. The molecule has 0 spiro atoms. The first kappa shape index (κ1) is 22.1. The maximum absolute atomic E-state index is 13.8. The lowest BCUT2D eigenvalue weighted by Crippen LogP contribution is -2.55. The summed E-state index contributed by atoms with van der Waals surface area (Å²) in [5, 5.41) is 0.583. The van der Waals surface area contributed by atoms with Crippen LogP contribution in [0.15, 0.2) is 41.4 Å². The van der Waals surface area contributed by atoms with Crippen molar-refractivity contribution in [2.45, 2.75) is 44.2 Å². The minimum absolute atomic E-state index is 0.0103. The van der Waals surface area contributed by atoms with Crippen molar-refractivity contribution in [2.75, 3.05) is 13.2 Å². The van der Waals surface area contributed by atoms with Crippen molar-refractivity contribution in [3.8, 4) is 0 Å². The van der Waals surface area contributed by atoms with Crippen LogP contribution in [0.1, 0.15) is 42.9 Å². The lowest BCUT2D eigenvalue weighted by Gasteiger charge is -2.40. The third-order valence-corrected chi connectivity index (χ3v) is 6.72. The Balaban J connectivity index is 1.64. The number of halogens is 3. The van der Waals surface area contributed by atoms with Crippen molar-refractivity contribution in [3.63, 3.8) is 0 Å². The number of hydrogen-bond donors (Lipinski definition) is 1. The molecule has 0 saturated carbocycles. The fourth-order valence-electron chi connectivity index (χ4n) is 4.34. The molecule has 2 N–H and O–H groups in total. The quantitative estimate of drug-likeness (QED) is 0.716. The van der Waals surface area contributed by atoms with E-state index in [9.17, 15) is 9.18 Å². The zero-order valence-electron chi connectivity index (χ0n) is 17.2. The van der Waals surface area contributed by atoms with Gasteiger partial charge in [0.15, 0.2) is 5.96 Å². The molecule has 2 aliphatic rings. The van der Waals surface area contributed by atoms with Crippen molar-refractivity contribution in [2.24, 2.45) is 10.7 Å². The Morgan fingerprint density at radius 3 is 2.68 bits per heavy atom. The van der Waals surface area contributed by atoms with E-state index < -0.39 is 11.4 Å². The molecule has 1 saturated heterocycles. The monoisotopic (exact) mass is 463 g/mol. The maximum atomic E-state index is 13.8. The minimum Gasteiger partial charge on any atom is -0.381 e. The fourth-order valence-corrected chi connectivity index (χ4v) is 4.86. The highest BCUT2D eigenvalue weighted by molar-refractivity contribution is 6.32. The topological polar surface area (TPSA) is 67.9 Å². The predicted octanol–water partition coefficient (Wildman–Crippen LogP) is 4.66. The molecule has 31 heavy (non-hydrogen) atoms. The van der Waals surface area contributed by atoms with Gasteiger partial charge in [-0.25, -0.2) is 9.38 Å². The van der Waals surface area contributed by atoms with Crippen molar-refractivity contribution in [1.29, 1.82) is 0 Å². The van der Waals surface area contributed by atoms with Crippen LogP contribution in [0.5, 0.6) is 0 Å². The number of nitrogens with two attached hydrogens (primary N) is 1. The number of ether oxygens (including phenoxy) is 1. The van der Waals surface area contributed by atoms with Crippen LogP contribution < -0.4 is 5.73 Å². The zero-order chi connectivity index (χ0) is 22.2. The number of rotatable bonds is 4. The molecular weight excluding hydrogens is 440 g/mol.